The van der Waals surface area contributed by atoms with Crippen LogP contribution in [0.5, 0.6) is 0 Å². The highest BCUT2D eigenvalue weighted by Crippen LogP contribution is 2.34. The molecule has 3 nitrogen and oxygen atoms in total. The summed E-state index contributed by atoms with van der Waals surface area (Å²) in [5, 5.41) is 10.2. The van der Waals surface area contributed by atoms with Gasteiger partial charge < -0.3 is 9.67 Å². The van der Waals surface area contributed by atoms with Crippen LogP contribution in [0.1, 0.15) is 44.5 Å². The van der Waals surface area contributed by atoms with Crippen molar-refractivity contribution in [1.29, 1.82) is 0 Å². The number of fused-ring (bicyclic) bond motifs is 1. The third-order valence-corrected chi connectivity index (χ3v) is 3.92. The SMILES string of the molecule is CCCc1nc2ccccc2n1[C@@H]1CCC[C@H]1O. The molecule has 1 aliphatic carbocycles. The lowest BCUT2D eigenvalue weighted by Crippen LogP contribution is -2.20. The summed E-state index contributed by atoms with van der Waals surface area (Å²) < 4.78 is 2.29. The van der Waals surface area contributed by atoms with Crippen molar-refractivity contribution in [3.63, 3.8) is 0 Å². The molecule has 0 aliphatic heterocycles. The first kappa shape index (κ1) is 11.7. The van der Waals surface area contributed by atoms with E-state index in [1.165, 1.54) is 5.52 Å². The standard InChI is InChI=1S/C15H20N2O/c1-2-6-15-16-11-7-3-4-8-12(11)17(15)13-9-5-10-14(13)18/h3-4,7-8,13-14,18H,2,5-6,9-10H2,1H3/t13-,14-/m1/s1. The maximum absolute atomic E-state index is 10.2. The van der Waals surface area contributed by atoms with Crippen molar-refractivity contribution in [1.82, 2.24) is 9.55 Å². The zero-order valence-electron chi connectivity index (χ0n) is 10.8. The topological polar surface area (TPSA) is 38.0 Å². The highest BCUT2D eigenvalue weighted by atomic mass is 16.3. The van der Waals surface area contributed by atoms with E-state index in [-0.39, 0.29) is 12.1 Å². The lowest BCUT2D eigenvalue weighted by molar-refractivity contribution is 0.137. The van der Waals surface area contributed by atoms with Gasteiger partial charge in [-0.05, 0) is 37.8 Å². The van der Waals surface area contributed by atoms with Crippen LogP contribution >= 0.6 is 0 Å². The van der Waals surface area contributed by atoms with Gasteiger partial charge in [-0.1, -0.05) is 19.1 Å². The monoisotopic (exact) mass is 244 g/mol. The molecule has 0 saturated heterocycles. The van der Waals surface area contributed by atoms with Crippen LogP contribution < -0.4 is 0 Å². The Kier molecular flexibility index (Phi) is 3.08. The van der Waals surface area contributed by atoms with Crippen molar-refractivity contribution in [3.05, 3.63) is 30.1 Å². The number of aliphatic hydroxyl groups is 1. The van der Waals surface area contributed by atoms with Crippen molar-refractivity contribution in [3.8, 4) is 0 Å². The Morgan fingerprint density at radius 2 is 2.17 bits per heavy atom. The Hall–Kier alpha value is -1.35. The molecular weight excluding hydrogens is 224 g/mol. The quantitative estimate of drug-likeness (QED) is 0.901. The second-order valence-corrected chi connectivity index (χ2v) is 5.20. The van der Waals surface area contributed by atoms with E-state index in [1.54, 1.807) is 0 Å². The summed E-state index contributed by atoms with van der Waals surface area (Å²) in [5.41, 5.74) is 2.23. The van der Waals surface area contributed by atoms with Crippen molar-refractivity contribution in [2.45, 2.75) is 51.2 Å². The Morgan fingerprint density at radius 3 is 2.89 bits per heavy atom. The van der Waals surface area contributed by atoms with E-state index < -0.39 is 0 Å². The predicted octanol–water partition coefficient (Wildman–Crippen LogP) is 3.07. The van der Waals surface area contributed by atoms with Gasteiger partial charge in [0.2, 0.25) is 0 Å². The van der Waals surface area contributed by atoms with Crippen LogP contribution in [0.4, 0.5) is 0 Å². The molecule has 96 valence electrons. The Labute approximate surface area is 107 Å². The average molecular weight is 244 g/mol. The summed E-state index contributed by atoms with van der Waals surface area (Å²) in [7, 11) is 0. The van der Waals surface area contributed by atoms with Gasteiger partial charge in [0.25, 0.3) is 0 Å². The Balaban J connectivity index is 2.14. The number of aliphatic hydroxyl groups excluding tert-OH is 1. The molecule has 0 unspecified atom stereocenters. The highest BCUT2D eigenvalue weighted by Gasteiger charge is 2.29. The number of aromatic nitrogens is 2. The number of nitrogens with zero attached hydrogens (tertiary/aromatic N) is 2. The van der Waals surface area contributed by atoms with Crippen LogP contribution in [0.25, 0.3) is 11.0 Å². The van der Waals surface area contributed by atoms with Crippen molar-refractivity contribution < 1.29 is 5.11 Å². The molecular formula is C15H20N2O. The zero-order chi connectivity index (χ0) is 12.5. The van der Waals surface area contributed by atoms with E-state index in [1.807, 2.05) is 6.07 Å². The molecule has 3 rings (SSSR count). The van der Waals surface area contributed by atoms with Crippen LogP contribution in [-0.2, 0) is 6.42 Å². The molecule has 18 heavy (non-hydrogen) atoms. The second-order valence-electron chi connectivity index (χ2n) is 5.20. The number of aryl methyl sites for hydroxylation is 1. The number of rotatable bonds is 3. The molecule has 0 amide bonds. The van der Waals surface area contributed by atoms with Gasteiger partial charge in [0.1, 0.15) is 5.82 Å². The number of imidazole rings is 1. The lowest BCUT2D eigenvalue weighted by atomic mass is 10.2. The Morgan fingerprint density at radius 1 is 1.33 bits per heavy atom. The van der Waals surface area contributed by atoms with Gasteiger partial charge in [-0.3, -0.25) is 0 Å². The van der Waals surface area contributed by atoms with Gasteiger partial charge in [0.15, 0.2) is 0 Å². The molecule has 1 aromatic carbocycles. The molecule has 1 aromatic heterocycles. The van der Waals surface area contributed by atoms with Gasteiger partial charge in [0.05, 0.1) is 23.2 Å². The van der Waals surface area contributed by atoms with E-state index >= 15 is 0 Å². The summed E-state index contributed by atoms with van der Waals surface area (Å²) >= 11 is 0. The molecule has 2 aromatic rings. The minimum atomic E-state index is -0.210. The Bertz CT molecular complexity index is 546. The molecule has 1 aliphatic rings. The molecule has 0 spiro atoms. The molecule has 1 heterocycles. The summed E-state index contributed by atoms with van der Waals surface area (Å²) in [6.07, 6.45) is 4.97. The second kappa shape index (κ2) is 4.73. The largest absolute Gasteiger partial charge is 0.391 e. The number of hydrogen-bond acceptors (Lipinski definition) is 2. The highest BCUT2D eigenvalue weighted by molar-refractivity contribution is 5.76. The maximum Gasteiger partial charge on any atom is 0.110 e. The minimum absolute atomic E-state index is 0.210. The lowest BCUT2D eigenvalue weighted by Gasteiger charge is -2.20. The minimum Gasteiger partial charge on any atom is -0.391 e. The van der Waals surface area contributed by atoms with Crippen molar-refractivity contribution >= 4 is 11.0 Å². The first-order chi connectivity index (χ1) is 8.81. The summed E-state index contributed by atoms with van der Waals surface area (Å²) in [6, 6.07) is 8.48. The van der Waals surface area contributed by atoms with Gasteiger partial charge in [-0.2, -0.15) is 0 Å². The van der Waals surface area contributed by atoms with Gasteiger partial charge in [0, 0.05) is 6.42 Å². The molecule has 1 fully saturated rings. The van der Waals surface area contributed by atoms with Crippen LogP contribution in [-0.4, -0.2) is 20.8 Å². The summed E-state index contributed by atoms with van der Waals surface area (Å²) in [6.45, 7) is 2.18. The van der Waals surface area contributed by atoms with Crippen LogP contribution in [0, 0.1) is 0 Å². The first-order valence-electron chi connectivity index (χ1n) is 6.95. The van der Waals surface area contributed by atoms with Crippen LogP contribution in [0.3, 0.4) is 0 Å². The fourth-order valence-electron chi connectivity index (χ4n) is 3.09. The third kappa shape index (κ3) is 1.83. The summed E-state index contributed by atoms with van der Waals surface area (Å²) in [4.78, 5) is 4.73. The van der Waals surface area contributed by atoms with Gasteiger partial charge in [-0.25, -0.2) is 4.98 Å². The molecule has 2 atom stereocenters. The number of benzene rings is 1. The molecule has 3 heteroatoms. The van der Waals surface area contributed by atoms with E-state index in [0.29, 0.717) is 0 Å². The zero-order valence-corrected chi connectivity index (χ0v) is 10.8. The smallest absolute Gasteiger partial charge is 0.110 e. The maximum atomic E-state index is 10.2. The molecule has 1 N–H and O–H groups in total. The van der Waals surface area contributed by atoms with E-state index in [2.05, 4.69) is 29.7 Å². The van der Waals surface area contributed by atoms with Gasteiger partial charge in [-0.15, -0.1) is 0 Å². The summed E-state index contributed by atoms with van der Waals surface area (Å²) in [5.74, 6) is 1.13. The van der Waals surface area contributed by atoms with Crippen LogP contribution in [0.15, 0.2) is 24.3 Å². The normalized spacial score (nSPS) is 23.9. The number of hydrogen-bond donors (Lipinski definition) is 1. The van der Waals surface area contributed by atoms with E-state index in [4.69, 9.17) is 4.98 Å². The van der Waals surface area contributed by atoms with Crippen molar-refractivity contribution in [2.24, 2.45) is 0 Å². The molecule has 1 saturated carbocycles. The first-order valence-corrected chi connectivity index (χ1v) is 6.95. The molecule has 0 radical (unpaired) electrons. The predicted molar refractivity (Wildman–Crippen MR) is 72.6 cm³/mol. The van der Waals surface area contributed by atoms with Gasteiger partial charge >= 0.3 is 0 Å². The van der Waals surface area contributed by atoms with E-state index in [0.717, 1.165) is 43.4 Å². The average Bonchev–Trinajstić information content (AvgIpc) is 2.93. The van der Waals surface area contributed by atoms with E-state index in [9.17, 15) is 5.11 Å². The number of para-hydroxylation sites is 2. The fourth-order valence-corrected chi connectivity index (χ4v) is 3.09. The molecule has 0 bridgehead atoms. The van der Waals surface area contributed by atoms with Crippen LogP contribution in [0.2, 0.25) is 0 Å². The fraction of sp³-hybridized carbons (Fsp3) is 0.533. The van der Waals surface area contributed by atoms with Crippen molar-refractivity contribution in [2.75, 3.05) is 0 Å². The third-order valence-electron chi connectivity index (χ3n) is 3.92.